The highest BCUT2D eigenvalue weighted by atomic mass is 32.2. The van der Waals surface area contributed by atoms with Crippen LogP contribution in [0.25, 0.3) is 0 Å². The molecule has 0 radical (unpaired) electrons. The second-order valence-corrected chi connectivity index (χ2v) is 6.42. The number of carbonyl (C=O) groups excluding carboxylic acids is 1. The first-order valence-electron chi connectivity index (χ1n) is 6.50. The van der Waals surface area contributed by atoms with Gasteiger partial charge in [0.2, 0.25) is 15.9 Å². The van der Waals surface area contributed by atoms with Crippen LogP contribution in [0.1, 0.15) is 39.5 Å². The van der Waals surface area contributed by atoms with Crippen molar-refractivity contribution in [2.45, 2.75) is 39.5 Å². The fraction of sp³-hybridized carbons (Fsp3) is 0.818. The molecule has 0 aromatic rings. The van der Waals surface area contributed by atoms with Crippen LogP contribution in [0.15, 0.2) is 5.16 Å². The molecule has 0 aromatic carbocycles. The molecule has 6 N–H and O–H groups in total. The van der Waals surface area contributed by atoms with Crippen molar-refractivity contribution in [1.29, 1.82) is 0 Å². The van der Waals surface area contributed by atoms with Crippen LogP contribution in [-0.4, -0.2) is 37.7 Å². The van der Waals surface area contributed by atoms with Gasteiger partial charge in [0, 0.05) is 6.54 Å². The lowest BCUT2D eigenvalue weighted by atomic mass is 9.77. The maximum atomic E-state index is 12.3. The molecular formula is C11H24N4O4S. The first kappa shape index (κ1) is 18.7. The molecule has 118 valence electrons. The Bertz CT molecular complexity index is 441. The molecule has 8 nitrogen and oxygen atoms in total. The normalized spacial score (nSPS) is 13.2. The summed E-state index contributed by atoms with van der Waals surface area (Å²) in [5, 5.41) is 19.2. The molecular weight excluding hydrogens is 284 g/mol. The largest absolute Gasteiger partial charge is 0.409 e. The van der Waals surface area contributed by atoms with E-state index in [1.807, 2.05) is 13.8 Å². The van der Waals surface area contributed by atoms with Gasteiger partial charge in [-0.3, -0.25) is 4.79 Å². The zero-order valence-corrected chi connectivity index (χ0v) is 12.7. The van der Waals surface area contributed by atoms with Crippen LogP contribution in [0.2, 0.25) is 0 Å². The van der Waals surface area contributed by atoms with Gasteiger partial charge >= 0.3 is 0 Å². The first-order chi connectivity index (χ1) is 9.23. The van der Waals surface area contributed by atoms with E-state index in [1.54, 1.807) is 0 Å². The van der Waals surface area contributed by atoms with Crippen LogP contribution in [0, 0.1) is 5.41 Å². The smallest absolute Gasteiger partial charge is 0.233 e. The molecule has 20 heavy (non-hydrogen) atoms. The van der Waals surface area contributed by atoms with E-state index in [-0.39, 0.29) is 18.1 Å². The molecule has 0 aliphatic rings. The zero-order valence-electron chi connectivity index (χ0n) is 11.9. The number of amidine groups is 1. The van der Waals surface area contributed by atoms with Crippen molar-refractivity contribution in [2.24, 2.45) is 21.4 Å². The van der Waals surface area contributed by atoms with Gasteiger partial charge < -0.3 is 16.3 Å². The lowest BCUT2D eigenvalue weighted by Gasteiger charge is -2.30. The molecule has 9 heteroatoms. The van der Waals surface area contributed by atoms with Crippen molar-refractivity contribution < 1.29 is 18.4 Å². The number of nitrogens with one attached hydrogen (secondary N) is 1. The van der Waals surface area contributed by atoms with Crippen molar-refractivity contribution >= 4 is 21.8 Å². The number of nitrogens with two attached hydrogens (primary N) is 2. The molecule has 0 aliphatic carbocycles. The lowest BCUT2D eigenvalue weighted by Crippen LogP contribution is -2.50. The van der Waals surface area contributed by atoms with E-state index in [0.717, 1.165) is 0 Å². The number of primary sulfonamides is 1. The van der Waals surface area contributed by atoms with E-state index < -0.39 is 21.3 Å². The second-order valence-electron chi connectivity index (χ2n) is 4.69. The Labute approximate surface area is 119 Å². The number of hydrogen-bond donors (Lipinski definition) is 4. The van der Waals surface area contributed by atoms with E-state index in [4.69, 9.17) is 16.1 Å². The maximum absolute atomic E-state index is 12.3. The maximum Gasteiger partial charge on any atom is 0.233 e. The standard InChI is InChI=1S/C11H24N4O4S/c1-3-5-11(6-4-2,9(12)15-17)10(16)14-7-8-20(13,18)19/h17H,3-8H2,1-2H3,(H2,12,15)(H,14,16)(H2,13,18,19). The Kier molecular flexibility index (Phi) is 7.51. The third-order valence-corrected chi connectivity index (χ3v) is 3.83. The zero-order chi connectivity index (χ0) is 15.8. The van der Waals surface area contributed by atoms with Gasteiger partial charge in [-0.2, -0.15) is 0 Å². The van der Waals surface area contributed by atoms with Gasteiger partial charge in [-0.1, -0.05) is 31.8 Å². The SMILES string of the molecule is CCCC(CCC)(C(=O)NCCS(N)(=O)=O)C(N)=NO. The third kappa shape index (κ3) is 5.33. The molecule has 0 bridgehead atoms. The van der Waals surface area contributed by atoms with Gasteiger partial charge in [0.15, 0.2) is 5.84 Å². The first-order valence-corrected chi connectivity index (χ1v) is 8.21. The van der Waals surface area contributed by atoms with Crippen molar-refractivity contribution in [2.75, 3.05) is 12.3 Å². The number of nitrogens with zero attached hydrogens (tertiary/aromatic N) is 1. The molecule has 0 fully saturated rings. The summed E-state index contributed by atoms with van der Waals surface area (Å²) in [6, 6.07) is 0. The predicted octanol–water partition coefficient (Wildman–Crippen LogP) is -0.276. The van der Waals surface area contributed by atoms with Crippen LogP contribution in [-0.2, 0) is 14.8 Å². The molecule has 0 aromatic heterocycles. The summed E-state index contributed by atoms with van der Waals surface area (Å²) in [6.45, 7) is 3.66. The van der Waals surface area contributed by atoms with E-state index in [9.17, 15) is 13.2 Å². The van der Waals surface area contributed by atoms with Gasteiger partial charge in [-0.15, -0.1) is 0 Å². The predicted molar refractivity (Wildman–Crippen MR) is 76.6 cm³/mol. The molecule has 0 atom stereocenters. The molecule has 0 spiro atoms. The Hall–Kier alpha value is -1.35. The number of rotatable bonds is 9. The summed E-state index contributed by atoms with van der Waals surface area (Å²) < 4.78 is 21.7. The van der Waals surface area contributed by atoms with Crippen molar-refractivity contribution in [3.8, 4) is 0 Å². The summed E-state index contributed by atoms with van der Waals surface area (Å²) in [5.74, 6) is -0.960. The van der Waals surface area contributed by atoms with Crippen LogP contribution in [0.5, 0.6) is 0 Å². The van der Waals surface area contributed by atoms with E-state index >= 15 is 0 Å². The summed E-state index contributed by atoms with van der Waals surface area (Å²) >= 11 is 0. The minimum absolute atomic E-state index is 0.106. The lowest BCUT2D eigenvalue weighted by molar-refractivity contribution is -0.128. The highest BCUT2D eigenvalue weighted by molar-refractivity contribution is 7.89. The Morgan fingerprint density at radius 1 is 1.30 bits per heavy atom. The van der Waals surface area contributed by atoms with Crippen LogP contribution >= 0.6 is 0 Å². The van der Waals surface area contributed by atoms with Crippen LogP contribution in [0.3, 0.4) is 0 Å². The minimum Gasteiger partial charge on any atom is -0.409 e. The monoisotopic (exact) mass is 308 g/mol. The number of oxime groups is 1. The van der Waals surface area contributed by atoms with Crippen LogP contribution in [0.4, 0.5) is 0 Å². The van der Waals surface area contributed by atoms with E-state index in [0.29, 0.717) is 25.7 Å². The molecule has 0 heterocycles. The summed E-state index contributed by atoms with van der Waals surface area (Å²) in [4.78, 5) is 12.3. The quantitative estimate of drug-likeness (QED) is 0.200. The average Bonchev–Trinajstić information content (AvgIpc) is 2.35. The number of hydrogen-bond acceptors (Lipinski definition) is 5. The number of amides is 1. The van der Waals surface area contributed by atoms with Crippen molar-refractivity contribution in [3.63, 3.8) is 0 Å². The fourth-order valence-electron chi connectivity index (χ4n) is 2.15. The molecule has 0 aliphatic heterocycles. The van der Waals surface area contributed by atoms with Crippen LogP contribution < -0.4 is 16.2 Å². The highest BCUT2D eigenvalue weighted by Gasteiger charge is 2.41. The molecule has 0 rings (SSSR count). The summed E-state index contributed by atoms with van der Waals surface area (Å²) in [7, 11) is -3.64. The fourth-order valence-corrected chi connectivity index (χ4v) is 2.54. The van der Waals surface area contributed by atoms with Crippen molar-refractivity contribution in [1.82, 2.24) is 5.32 Å². The topological polar surface area (TPSA) is 148 Å². The van der Waals surface area contributed by atoms with Crippen molar-refractivity contribution in [3.05, 3.63) is 0 Å². The Morgan fingerprint density at radius 2 is 1.80 bits per heavy atom. The summed E-state index contributed by atoms with van der Waals surface area (Å²) in [6.07, 6.45) is 2.16. The third-order valence-electron chi connectivity index (χ3n) is 3.06. The molecule has 1 amide bonds. The molecule has 0 unspecified atom stereocenters. The van der Waals surface area contributed by atoms with E-state index in [2.05, 4.69) is 10.5 Å². The Balaban J connectivity index is 5.05. The minimum atomic E-state index is -3.64. The highest BCUT2D eigenvalue weighted by Crippen LogP contribution is 2.30. The summed E-state index contributed by atoms with van der Waals surface area (Å²) in [5.41, 5.74) is 4.56. The molecule has 0 saturated carbocycles. The Morgan fingerprint density at radius 3 is 2.15 bits per heavy atom. The van der Waals surface area contributed by atoms with Gasteiger partial charge in [0.25, 0.3) is 0 Å². The average molecular weight is 308 g/mol. The van der Waals surface area contributed by atoms with Gasteiger partial charge in [-0.05, 0) is 12.8 Å². The number of sulfonamides is 1. The van der Waals surface area contributed by atoms with Gasteiger partial charge in [0.05, 0.1) is 5.75 Å². The second kappa shape index (κ2) is 8.05. The number of carbonyl (C=O) groups is 1. The van der Waals surface area contributed by atoms with Gasteiger partial charge in [-0.25, -0.2) is 13.6 Å². The van der Waals surface area contributed by atoms with E-state index in [1.165, 1.54) is 0 Å². The molecule has 0 saturated heterocycles. The van der Waals surface area contributed by atoms with Gasteiger partial charge in [0.1, 0.15) is 5.41 Å².